The number of carbonyl (C=O) groups is 1. The van der Waals surface area contributed by atoms with Crippen LogP contribution in [-0.4, -0.2) is 103 Å². The van der Waals surface area contributed by atoms with Gasteiger partial charge in [0.15, 0.2) is 12.8 Å². The van der Waals surface area contributed by atoms with Gasteiger partial charge in [-0.3, -0.25) is 0 Å². The number of hydrogen-bond acceptors (Lipinski definition) is 9. The van der Waals surface area contributed by atoms with Gasteiger partial charge in [-0.05, 0) is 13.8 Å². The van der Waals surface area contributed by atoms with Gasteiger partial charge in [0.1, 0.15) is 12.8 Å². The molecule has 34 heavy (non-hydrogen) atoms. The number of imidazole rings is 1. The van der Waals surface area contributed by atoms with E-state index >= 15 is 0 Å². The van der Waals surface area contributed by atoms with Crippen LogP contribution in [0, 0.1) is 0 Å². The molecule has 1 heterocycles. The molecule has 1 aromatic heterocycles. The van der Waals surface area contributed by atoms with Crippen molar-refractivity contribution in [3.05, 3.63) is 30.9 Å². The third-order valence-corrected chi connectivity index (χ3v) is 4.17. The molecule has 0 N–H and O–H groups in total. The van der Waals surface area contributed by atoms with Crippen molar-refractivity contribution in [2.45, 2.75) is 20.4 Å². The standard InChI is InChI=1S/C23H41N2O9/c1-4-24-5-6-25(21-24)34-20-18-32-16-14-30-12-10-28-8-7-27-9-11-29-13-15-31-17-19-33-23(26)22(2)3/h5-6,21H,2,4,7-20H2,1,3H3/q+1. The maximum atomic E-state index is 11.1. The van der Waals surface area contributed by atoms with Gasteiger partial charge in [-0.25, -0.2) is 9.36 Å². The van der Waals surface area contributed by atoms with Crippen LogP contribution < -0.4 is 9.57 Å². The van der Waals surface area contributed by atoms with E-state index in [-0.39, 0.29) is 6.61 Å². The molecule has 1 rings (SSSR count). The van der Waals surface area contributed by atoms with Crippen molar-refractivity contribution in [3.63, 3.8) is 0 Å². The van der Waals surface area contributed by atoms with Gasteiger partial charge in [0, 0.05) is 5.57 Å². The van der Waals surface area contributed by atoms with E-state index in [1.165, 1.54) is 0 Å². The van der Waals surface area contributed by atoms with Crippen molar-refractivity contribution in [2.75, 3.05) is 92.5 Å². The quantitative estimate of drug-likeness (QED) is 0.0886. The van der Waals surface area contributed by atoms with Crippen molar-refractivity contribution < 1.29 is 47.5 Å². The van der Waals surface area contributed by atoms with Crippen molar-refractivity contribution in [1.82, 2.24) is 4.57 Å². The summed E-state index contributed by atoms with van der Waals surface area (Å²) in [6, 6.07) is 0. The number of carbonyl (C=O) groups excluding carboxylic acids is 1. The van der Waals surface area contributed by atoms with Gasteiger partial charge in [-0.2, -0.15) is 0 Å². The molecule has 0 spiro atoms. The average Bonchev–Trinajstić information content (AvgIpc) is 3.30. The van der Waals surface area contributed by atoms with Gasteiger partial charge >= 0.3 is 5.97 Å². The average molecular weight is 490 g/mol. The molecule has 0 amide bonds. The molecule has 0 aromatic carbocycles. The smallest absolute Gasteiger partial charge is 0.333 e. The summed E-state index contributed by atoms with van der Waals surface area (Å²) >= 11 is 0. The van der Waals surface area contributed by atoms with E-state index in [9.17, 15) is 4.79 Å². The Morgan fingerprint density at radius 3 is 1.53 bits per heavy atom. The van der Waals surface area contributed by atoms with Crippen LogP contribution in [0.5, 0.6) is 0 Å². The first-order chi connectivity index (χ1) is 16.6. The SMILES string of the molecule is C=C(C)C(=O)OCCOCCOCCOCCOCCOCCOCCO[n+]1ccn(CC)c1. The summed E-state index contributed by atoms with van der Waals surface area (Å²) in [7, 11) is 0. The molecule has 0 fully saturated rings. The van der Waals surface area contributed by atoms with E-state index in [0.717, 1.165) is 6.54 Å². The first kappa shape index (κ1) is 30.0. The van der Waals surface area contributed by atoms with Crippen LogP contribution in [0.3, 0.4) is 0 Å². The Balaban J connectivity index is 1.69. The molecule has 11 nitrogen and oxygen atoms in total. The molecule has 196 valence electrons. The van der Waals surface area contributed by atoms with Gasteiger partial charge in [0.05, 0.1) is 85.8 Å². The summed E-state index contributed by atoms with van der Waals surface area (Å²) in [5.41, 5.74) is 0.374. The topological polar surface area (TPSA) is 99.7 Å². The number of hydrogen-bond donors (Lipinski definition) is 0. The monoisotopic (exact) mass is 489 g/mol. The molecule has 0 aliphatic heterocycles. The second kappa shape index (κ2) is 21.5. The first-order valence-corrected chi connectivity index (χ1v) is 11.6. The lowest BCUT2D eigenvalue weighted by atomic mass is 10.4. The van der Waals surface area contributed by atoms with Gasteiger partial charge in [0.2, 0.25) is 0 Å². The summed E-state index contributed by atoms with van der Waals surface area (Å²) in [5, 5.41) is 0. The van der Waals surface area contributed by atoms with Crippen LogP contribution in [0.4, 0.5) is 0 Å². The molecule has 1 aromatic rings. The maximum Gasteiger partial charge on any atom is 0.333 e. The highest BCUT2D eigenvalue weighted by atomic mass is 16.7. The largest absolute Gasteiger partial charge is 0.460 e. The van der Waals surface area contributed by atoms with Gasteiger partial charge < -0.3 is 38.0 Å². The molecule has 0 aliphatic rings. The molecular formula is C23H41N2O9+. The van der Waals surface area contributed by atoms with E-state index in [1.54, 1.807) is 11.7 Å². The Hall–Kier alpha value is -2.02. The molecule has 11 heteroatoms. The van der Waals surface area contributed by atoms with Crippen LogP contribution in [0.25, 0.3) is 0 Å². The van der Waals surface area contributed by atoms with Crippen LogP contribution in [0.1, 0.15) is 13.8 Å². The Labute approximate surface area is 202 Å². The molecular weight excluding hydrogens is 448 g/mol. The summed E-state index contributed by atoms with van der Waals surface area (Å²) < 4.78 is 41.0. The fourth-order valence-corrected chi connectivity index (χ4v) is 2.36. The zero-order valence-corrected chi connectivity index (χ0v) is 20.6. The summed E-state index contributed by atoms with van der Waals surface area (Å²) in [5.74, 6) is -0.408. The van der Waals surface area contributed by atoms with Crippen molar-refractivity contribution in [2.24, 2.45) is 0 Å². The predicted molar refractivity (Wildman–Crippen MR) is 122 cm³/mol. The number of ether oxygens (including phenoxy) is 7. The second-order valence-corrected chi connectivity index (χ2v) is 7.03. The lowest BCUT2D eigenvalue weighted by Gasteiger charge is -2.08. The van der Waals surface area contributed by atoms with Crippen LogP contribution in [0.2, 0.25) is 0 Å². The number of rotatable bonds is 24. The third kappa shape index (κ3) is 17.5. The summed E-state index contributed by atoms with van der Waals surface area (Å²) in [4.78, 5) is 16.7. The van der Waals surface area contributed by atoms with Crippen LogP contribution in [-0.2, 0) is 44.5 Å². The Morgan fingerprint density at radius 2 is 1.15 bits per heavy atom. The minimum absolute atomic E-state index is 0.206. The molecule has 0 saturated carbocycles. The van der Waals surface area contributed by atoms with Gasteiger partial charge in [-0.1, -0.05) is 11.3 Å². The number of esters is 1. The Morgan fingerprint density at radius 1 is 0.735 bits per heavy atom. The lowest BCUT2D eigenvalue weighted by molar-refractivity contribution is -0.891. The zero-order chi connectivity index (χ0) is 24.7. The van der Waals surface area contributed by atoms with E-state index in [4.69, 9.17) is 38.0 Å². The minimum atomic E-state index is -0.408. The highest BCUT2D eigenvalue weighted by Gasteiger charge is 2.03. The van der Waals surface area contributed by atoms with Crippen LogP contribution >= 0.6 is 0 Å². The zero-order valence-electron chi connectivity index (χ0n) is 20.6. The first-order valence-electron chi connectivity index (χ1n) is 11.6. The highest BCUT2D eigenvalue weighted by Crippen LogP contribution is 1.91. The van der Waals surface area contributed by atoms with E-state index < -0.39 is 5.97 Å². The second-order valence-electron chi connectivity index (χ2n) is 7.03. The van der Waals surface area contributed by atoms with E-state index in [0.29, 0.717) is 91.5 Å². The highest BCUT2D eigenvalue weighted by molar-refractivity contribution is 5.86. The number of aromatic nitrogens is 2. The predicted octanol–water partition coefficient (Wildman–Crippen LogP) is 0.443. The molecule has 0 unspecified atom stereocenters. The van der Waals surface area contributed by atoms with E-state index in [2.05, 4.69) is 13.5 Å². The van der Waals surface area contributed by atoms with Crippen LogP contribution in [0.15, 0.2) is 30.9 Å². The normalized spacial score (nSPS) is 11.0. The number of aryl methyl sites for hydroxylation is 1. The Bertz CT molecular complexity index is 640. The van der Waals surface area contributed by atoms with E-state index in [1.807, 2.05) is 23.3 Å². The molecule has 0 aliphatic carbocycles. The van der Waals surface area contributed by atoms with Crippen molar-refractivity contribution in [3.8, 4) is 0 Å². The molecule has 0 radical (unpaired) electrons. The summed E-state index contributed by atoms with van der Waals surface area (Å²) in [6.07, 6.45) is 5.70. The fourth-order valence-electron chi connectivity index (χ4n) is 2.36. The van der Waals surface area contributed by atoms with Gasteiger partial charge in [0.25, 0.3) is 6.33 Å². The lowest BCUT2D eigenvalue weighted by Crippen LogP contribution is -2.42. The Kier molecular flexibility index (Phi) is 19.0. The molecule has 0 saturated heterocycles. The molecule has 0 atom stereocenters. The maximum absolute atomic E-state index is 11.1. The fraction of sp³-hybridized carbons (Fsp3) is 0.739. The minimum Gasteiger partial charge on any atom is -0.460 e. The van der Waals surface area contributed by atoms with Crippen molar-refractivity contribution >= 4 is 5.97 Å². The summed E-state index contributed by atoms with van der Waals surface area (Å²) in [6.45, 7) is 14.5. The van der Waals surface area contributed by atoms with Crippen molar-refractivity contribution in [1.29, 1.82) is 0 Å². The molecule has 0 bridgehead atoms. The van der Waals surface area contributed by atoms with Gasteiger partial charge in [-0.15, -0.1) is 0 Å². The number of nitrogens with zero attached hydrogens (tertiary/aromatic N) is 2. The third-order valence-electron chi connectivity index (χ3n) is 4.17.